The van der Waals surface area contributed by atoms with Gasteiger partial charge in [0.05, 0.1) is 22.5 Å². The molecule has 1 aromatic rings. The van der Waals surface area contributed by atoms with Gasteiger partial charge >= 0.3 is 0 Å². The molecular formula is C11H16BrClN2OS. The number of ether oxygens (including phenoxy) is 1. The smallest absolute Gasteiger partial charge is 0.147 e. The normalized spacial score (nSPS) is 11.9. The first-order valence-corrected chi connectivity index (χ1v) is 7.33. The molecule has 0 aliphatic heterocycles. The van der Waals surface area contributed by atoms with Crippen LogP contribution in [0.1, 0.15) is 32.3 Å². The van der Waals surface area contributed by atoms with Crippen molar-refractivity contribution < 1.29 is 4.74 Å². The number of rotatable bonds is 4. The fourth-order valence-corrected chi connectivity index (χ4v) is 2.28. The lowest BCUT2D eigenvalue weighted by Gasteiger charge is -2.17. The van der Waals surface area contributed by atoms with Gasteiger partial charge in [0.1, 0.15) is 11.0 Å². The van der Waals surface area contributed by atoms with Crippen molar-refractivity contribution in [2.75, 3.05) is 7.11 Å². The van der Waals surface area contributed by atoms with Crippen molar-refractivity contribution in [1.29, 1.82) is 0 Å². The lowest BCUT2D eigenvalue weighted by atomic mass is 10.3. The molecule has 0 spiro atoms. The van der Waals surface area contributed by atoms with Crippen LogP contribution in [0, 0.1) is 0 Å². The van der Waals surface area contributed by atoms with Gasteiger partial charge in [0.2, 0.25) is 0 Å². The number of hydrogen-bond donors (Lipinski definition) is 0. The summed E-state index contributed by atoms with van der Waals surface area (Å²) in [5.41, 5.74) is 0.789. The quantitative estimate of drug-likeness (QED) is 0.775. The van der Waals surface area contributed by atoms with Crippen LogP contribution < -0.4 is 0 Å². The molecule has 0 saturated carbocycles. The number of aromatic nitrogens is 2. The topological polar surface area (TPSA) is 35.0 Å². The van der Waals surface area contributed by atoms with Crippen LogP contribution in [-0.4, -0.2) is 21.8 Å². The second kappa shape index (κ2) is 6.36. The molecular weight excluding hydrogens is 324 g/mol. The van der Waals surface area contributed by atoms with Crippen molar-refractivity contribution >= 4 is 39.3 Å². The van der Waals surface area contributed by atoms with E-state index in [0.717, 1.165) is 17.3 Å². The Hall–Kier alpha value is 0.160. The van der Waals surface area contributed by atoms with Crippen LogP contribution in [-0.2, 0) is 17.1 Å². The van der Waals surface area contributed by atoms with Gasteiger partial charge in [-0.1, -0.05) is 32.4 Å². The molecule has 0 amide bonds. The Morgan fingerprint density at radius 1 is 1.35 bits per heavy atom. The third kappa shape index (κ3) is 5.12. The first-order chi connectivity index (χ1) is 7.83. The maximum absolute atomic E-state index is 6.04. The van der Waals surface area contributed by atoms with E-state index in [4.69, 9.17) is 16.3 Å². The van der Waals surface area contributed by atoms with Crippen LogP contribution >= 0.6 is 39.3 Å². The molecule has 0 aromatic carbocycles. The number of methoxy groups -OCH3 is 1. The maximum Gasteiger partial charge on any atom is 0.147 e. The van der Waals surface area contributed by atoms with Crippen LogP contribution in [0.3, 0.4) is 0 Å². The third-order valence-corrected chi connectivity index (χ3v) is 4.44. The second-order valence-electron chi connectivity index (χ2n) is 4.53. The van der Waals surface area contributed by atoms with Gasteiger partial charge in [0.25, 0.3) is 0 Å². The summed E-state index contributed by atoms with van der Waals surface area (Å²) >= 11 is 11.2. The number of thioether (sulfide) groups is 1. The van der Waals surface area contributed by atoms with Gasteiger partial charge in [-0.15, -0.1) is 11.8 Å². The third-order valence-electron chi connectivity index (χ3n) is 1.84. The molecule has 0 bridgehead atoms. The minimum Gasteiger partial charge on any atom is -0.378 e. The first-order valence-electron chi connectivity index (χ1n) is 5.17. The summed E-state index contributed by atoms with van der Waals surface area (Å²) in [5.74, 6) is 1.48. The predicted molar refractivity (Wildman–Crippen MR) is 76.5 cm³/mol. The molecule has 0 radical (unpaired) electrons. The highest BCUT2D eigenvalue weighted by atomic mass is 79.9. The fraction of sp³-hybridized carbons (Fsp3) is 0.636. The van der Waals surface area contributed by atoms with E-state index in [1.165, 1.54) is 0 Å². The summed E-state index contributed by atoms with van der Waals surface area (Å²) in [6.07, 6.45) is 0. The lowest BCUT2D eigenvalue weighted by molar-refractivity contribution is 0.180. The van der Waals surface area contributed by atoms with E-state index in [9.17, 15) is 0 Å². The van der Waals surface area contributed by atoms with Crippen LogP contribution in [0.4, 0.5) is 0 Å². The molecule has 0 aliphatic carbocycles. The Bertz CT molecular complexity index is 396. The zero-order valence-corrected chi connectivity index (χ0v) is 13.5. The molecule has 0 saturated heterocycles. The number of hydrogen-bond acceptors (Lipinski definition) is 4. The van der Waals surface area contributed by atoms with Gasteiger partial charge in [-0.05, 0) is 15.9 Å². The molecule has 0 aliphatic rings. The van der Waals surface area contributed by atoms with Crippen LogP contribution in [0.15, 0.2) is 4.47 Å². The van der Waals surface area contributed by atoms with Crippen LogP contribution in [0.5, 0.6) is 0 Å². The summed E-state index contributed by atoms with van der Waals surface area (Å²) in [7, 11) is 1.63. The Morgan fingerprint density at radius 2 is 2.00 bits per heavy atom. The summed E-state index contributed by atoms with van der Waals surface area (Å²) in [6.45, 7) is 6.91. The number of nitrogens with zero attached hydrogens (tertiary/aromatic N) is 2. The van der Waals surface area contributed by atoms with E-state index in [2.05, 4.69) is 46.7 Å². The van der Waals surface area contributed by atoms with Gasteiger partial charge in [-0.25, -0.2) is 9.97 Å². The van der Waals surface area contributed by atoms with Gasteiger partial charge in [-0.3, -0.25) is 0 Å². The highest BCUT2D eigenvalue weighted by Crippen LogP contribution is 2.29. The molecule has 0 fully saturated rings. The molecule has 0 atom stereocenters. The van der Waals surface area contributed by atoms with E-state index < -0.39 is 0 Å². The summed E-state index contributed by atoms with van der Waals surface area (Å²) < 4.78 is 5.98. The molecule has 1 heterocycles. The molecule has 1 aromatic heterocycles. The molecule has 96 valence electrons. The van der Waals surface area contributed by atoms with Crippen molar-refractivity contribution in [2.45, 2.75) is 37.9 Å². The minimum absolute atomic E-state index is 0.185. The van der Waals surface area contributed by atoms with E-state index in [1.54, 1.807) is 18.9 Å². The van der Waals surface area contributed by atoms with Crippen LogP contribution in [0.2, 0.25) is 5.15 Å². The van der Waals surface area contributed by atoms with Crippen LogP contribution in [0.25, 0.3) is 0 Å². The minimum atomic E-state index is 0.185. The molecule has 0 unspecified atom stereocenters. The maximum atomic E-state index is 6.04. The number of halogens is 2. The predicted octanol–water partition coefficient (Wildman–Crippen LogP) is 4.07. The van der Waals surface area contributed by atoms with Crippen molar-refractivity contribution in [3.63, 3.8) is 0 Å². The average molecular weight is 340 g/mol. The van der Waals surface area contributed by atoms with E-state index in [0.29, 0.717) is 16.2 Å². The largest absolute Gasteiger partial charge is 0.378 e. The molecule has 17 heavy (non-hydrogen) atoms. The van der Waals surface area contributed by atoms with E-state index >= 15 is 0 Å². The van der Waals surface area contributed by atoms with Crippen molar-refractivity contribution in [3.8, 4) is 0 Å². The van der Waals surface area contributed by atoms with Crippen molar-refractivity contribution in [3.05, 3.63) is 21.1 Å². The van der Waals surface area contributed by atoms with Gasteiger partial charge in [0.15, 0.2) is 0 Å². The Kier molecular flexibility index (Phi) is 5.70. The highest BCUT2D eigenvalue weighted by Gasteiger charge is 2.15. The Morgan fingerprint density at radius 3 is 2.53 bits per heavy atom. The molecule has 0 N–H and O–H groups in total. The van der Waals surface area contributed by atoms with E-state index in [1.807, 2.05) is 0 Å². The summed E-state index contributed by atoms with van der Waals surface area (Å²) in [5, 5.41) is 0.441. The molecule has 6 heteroatoms. The zero-order chi connectivity index (χ0) is 13.1. The van der Waals surface area contributed by atoms with Gasteiger partial charge in [0, 0.05) is 11.9 Å². The van der Waals surface area contributed by atoms with Crippen molar-refractivity contribution in [2.24, 2.45) is 0 Å². The lowest BCUT2D eigenvalue weighted by Crippen LogP contribution is -2.09. The summed E-state index contributed by atoms with van der Waals surface area (Å²) in [6, 6.07) is 0. The standard InChI is InChI=1S/C11H16BrClN2OS/c1-11(2,3)17-6-8-14-7(5-16-4)9(12)10(13)15-8/h5-6H2,1-4H3. The first kappa shape index (κ1) is 15.2. The zero-order valence-electron chi connectivity index (χ0n) is 10.4. The molecule has 1 rings (SSSR count). The van der Waals surface area contributed by atoms with Gasteiger partial charge in [-0.2, -0.15) is 0 Å². The SMILES string of the molecule is COCc1nc(CSC(C)(C)C)nc(Cl)c1Br. The van der Waals surface area contributed by atoms with Crippen molar-refractivity contribution in [1.82, 2.24) is 9.97 Å². The monoisotopic (exact) mass is 338 g/mol. The summed E-state index contributed by atoms with van der Waals surface area (Å²) in [4.78, 5) is 8.69. The highest BCUT2D eigenvalue weighted by molar-refractivity contribution is 9.10. The van der Waals surface area contributed by atoms with E-state index in [-0.39, 0.29) is 4.75 Å². The Labute approximate surface area is 120 Å². The second-order valence-corrected chi connectivity index (χ2v) is 7.48. The fourth-order valence-electron chi connectivity index (χ4n) is 1.09. The van der Waals surface area contributed by atoms with Gasteiger partial charge < -0.3 is 4.74 Å². The molecule has 3 nitrogen and oxygen atoms in total. The Balaban J connectivity index is 2.86. The average Bonchev–Trinajstić information content (AvgIpc) is 2.21.